The summed E-state index contributed by atoms with van der Waals surface area (Å²) in [7, 11) is 1.61. The van der Waals surface area contributed by atoms with Gasteiger partial charge in [-0.05, 0) is 56.4 Å². The Bertz CT molecular complexity index is 1090. The molecular formula is C22H24ClN3O2. The number of benzene rings is 1. The molecule has 0 unspecified atom stereocenters. The van der Waals surface area contributed by atoms with Crippen LogP contribution < -0.4 is 10.3 Å². The highest BCUT2D eigenvalue weighted by molar-refractivity contribution is 6.33. The molecule has 1 aliphatic rings. The first-order valence-corrected chi connectivity index (χ1v) is 10.1. The number of halogens is 1. The number of hydrogen-bond donors (Lipinski definition) is 0. The molecule has 0 saturated heterocycles. The maximum absolute atomic E-state index is 13.0. The average Bonchev–Trinajstić information content (AvgIpc) is 2.66. The zero-order valence-corrected chi connectivity index (χ0v) is 17.2. The number of rotatable bonds is 5. The van der Waals surface area contributed by atoms with Gasteiger partial charge in [-0.25, -0.2) is 9.97 Å². The van der Waals surface area contributed by atoms with E-state index in [0.29, 0.717) is 33.5 Å². The Balaban J connectivity index is 1.97. The van der Waals surface area contributed by atoms with E-state index in [1.54, 1.807) is 26.3 Å². The van der Waals surface area contributed by atoms with Gasteiger partial charge in [0.15, 0.2) is 5.65 Å². The molecule has 6 heteroatoms. The van der Waals surface area contributed by atoms with Crippen LogP contribution in [0.4, 0.5) is 0 Å². The average molecular weight is 398 g/mol. The van der Waals surface area contributed by atoms with Gasteiger partial charge in [-0.15, -0.1) is 0 Å². The maximum atomic E-state index is 13.0. The molecule has 146 valence electrons. The summed E-state index contributed by atoms with van der Waals surface area (Å²) in [4.78, 5) is 22.2. The van der Waals surface area contributed by atoms with E-state index in [0.717, 1.165) is 30.4 Å². The summed E-state index contributed by atoms with van der Waals surface area (Å²) >= 11 is 6.53. The first-order valence-electron chi connectivity index (χ1n) is 9.77. The molecule has 1 saturated carbocycles. The third-order valence-corrected chi connectivity index (χ3v) is 6.16. The lowest BCUT2D eigenvalue weighted by atomic mass is 9.78. The molecule has 2 heterocycles. The van der Waals surface area contributed by atoms with Crippen molar-refractivity contribution in [3.05, 3.63) is 51.5 Å². The van der Waals surface area contributed by atoms with Crippen LogP contribution in [-0.2, 0) is 0 Å². The van der Waals surface area contributed by atoms with Gasteiger partial charge < -0.3 is 4.74 Å². The number of aromatic nitrogens is 3. The van der Waals surface area contributed by atoms with Crippen molar-refractivity contribution in [2.45, 2.75) is 45.6 Å². The second kappa shape index (κ2) is 7.55. The van der Waals surface area contributed by atoms with Crippen molar-refractivity contribution in [2.24, 2.45) is 5.92 Å². The van der Waals surface area contributed by atoms with E-state index in [2.05, 4.69) is 16.9 Å². The van der Waals surface area contributed by atoms with Gasteiger partial charge in [0, 0.05) is 23.4 Å². The lowest BCUT2D eigenvalue weighted by Gasteiger charge is -2.35. The minimum atomic E-state index is -0.0447. The van der Waals surface area contributed by atoms with Crippen molar-refractivity contribution in [1.82, 2.24) is 14.5 Å². The molecular weight excluding hydrogens is 374 g/mol. The highest BCUT2D eigenvalue weighted by Gasteiger charge is 2.30. The van der Waals surface area contributed by atoms with E-state index in [1.165, 1.54) is 6.42 Å². The Morgan fingerprint density at radius 3 is 2.68 bits per heavy atom. The van der Waals surface area contributed by atoms with Crippen molar-refractivity contribution in [2.75, 3.05) is 7.11 Å². The van der Waals surface area contributed by atoms with Crippen LogP contribution in [-0.4, -0.2) is 21.6 Å². The highest BCUT2D eigenvalue weighted by atomic mass is 35.5. The molecule has 0 radical (unpaired) electrons. The third kappa shape index (κ3) is 3.08. The maximum Gasteiger partial charge on any atom is 0.273 e. The number of nitrogens with zero attached hydrogens (tertiary/aromatic N) is 3. The molecule has 28 heavy (non-hydrogen) atoms. The van der Waals surface area contributed by atoms with Crippen LogP contribution in [0.25, 0.3) is 22.3 Å². The normalized spacial score (nSPS) is 15.4. The van der Waals surface area contributed by atoms with Gasteiger partial charge in [0.2, 0.25) is 0 Å². The summed E-state index contributed by atoms with van der Waals surface area (Å²) in [5.41, 5.74) is 3.52. The summed E-state index contributed by atoms with van der Waals surface area (Å²) in [6.45, 7) is 3.92. The minimum Gasteiger partial charge on any atom is -0.497 e. The van der Waals surface area contributed by atoms with Gasteiger partial charge in [-0.1, -0.05) is 24.9 Å². The minimum absolute atomic E-state index is 0.0447. The van der Waals surface area contributed by atoms with Gasteiger partial charge >= 0.3 is 0 Å². The van der Waals surface area contributed by atoms with E-state index < -0.39 is 0 Å². The summed E-state index contributed by atoms with van der Waals surface area (Å²) in [5.74, 6) is 1.23. The van der Waals surface area contributed by atoms with Crippen LogP contribution in [0, 0.1) is 12.8 Å². The molecule has 1 aliphatic carbocycles. The third-order valence-electron chi connectivity index (χ3n) is 5.85. The monoisotopic (exact) mass is 397 g/mol. The molecule has 5 nitrogen and oxygen atoms in total. The van der Waals surface area contributed by atoms with Crippen LogP contribution in [0.3, 0.4) is 0 Å². The topological polar surface area (TPSA) is 57.0 Å². The number of aryl methyl sites for hydroxylation is 1. The van der Waals surface area contributed by atoms with Gasteiger partial charge in [-0.2, -0.15) is 0 Å². The predicted molar refractivity (Wildman–Crippen MR) is 112 cm³/mol. The summed E-state index contributed by atoms with van der Waals surface area (Å²) in [6.07, 6.45) is 6.20. The number of methoxy groups -OCH3 is 1. The number of hydrogen-bond acceptors (Lipinski definition) is 4. The lowest BCUT2D eigenvalue weighted by molar-refractivity contribution is 0.203. The molecule has 3 aromatic rings. The molecule has 1 fully saturated rings. The quantitative estimate of drug-likeness (QED) is 0.595. The van der Waals surface area contributed by atoms with Crippen LogP contribution in [0.15, 0.2) is 35.3 Å². The van der Waals surface area contributed by atoms with E-state index in [1.807, 2.05) is 22.8 Å². The van der Waals surface area contributed by atoms with Crippen molar-refractivity contribution < 1.29 is 4.74 Å². The fourth-order valence-electron chi connectivity index (χ4n) is 4.13. The van der Waals surface area contributed by atoms with Crippen LogP contribution in [0.5, 0.6) is 5.75 Å². The fraction of sp³-hybridized carbons (Fsp3) is 0.409. The van der Waals surface area contributed by atoms with E-state index in [-0.39, 0.29) is 11.6 Å². The van der Waals surface area contributed by atoms with Crippen molar-refractivity contribution in [3.8, 4) is 16.9 Å². The van der Waals surface area contributed by atoms with E-state index in [4.69, 9.17) is 16.3 Å². The fourth-order valence-corrected chi connectivity index (χ4v) is 4.41. The van der Waals surface area contributed by atoms with E-state index >= 15 is 0 Å². The number of pyridine rings is 1. The zero-order chi connectivity index (χ0) is 19.8. The molecule has 1 atom stereocenters. The largest absolute Gasteiger partial charge is 0.497 e. The van der Waals surface area contributed by atoms with Crippen molar-refractivity contribution >= 4 is 22.8 Å². The first kappa shape index (κ1) is 18.9. The summed E-state index contributed by atoms with van der Waals surface area (Å²) in [6, 6.07) is 7.64. The smallest absolute Gasteiger partial charge is 0.273 e. The van der Waals surface area contributed by atoms with Crippen LogP contribution in [0.2, 0.25) is 5.02 Å². The summed E-state index contributed by atoms with van der Waals surface area (Å²) < 4.78 is 7.14. The Kier molecular flexibility index (Phi) is 5.11. The van der Waals surface area contributed by atoms with Gasteiger partial charge in [-0.3, -0.25) is 9.36 Å². The molecule has 0 spiro atoms. The summed E-state index contributed by atoms with van der Waals surface area (Å²) in [5, 5.41) is 0.579. The zero-order valence-electron chi connectivity index (χ0n) is 16.4. The number of ether oxygens (including phenoxy) is 1. The molecule has 0 amide bonds. The molecule has 1 aromatic carbocycles. The first-order chi connectivity index (χ1) is 13.5. The Hall–Kier alpha value is -2.40. The van der Waals surface area contributed by atoms with E-state index in [9.17, 15) is 4.79 Å². The van der Waals surface area contributed by atoms with Crippen LogP contribution >= 0.6 is 11.6 Å². The SMILES string of the molecule is CC[C@@H](C1CCC1)n1c(=O)c(C)nc2c(-c3ccc(OC)cc3Cl)ccnc21. The molecule has 0 bridgehead atoms. The van der Waals surface area contributed by atoms with Crippen molar-refractivity contribution in [3.63, 3.8) is 0 Å². The predicted octanol–water partition coefficient (Wildman–Crippen LogP) is 5.18. The molecule has 0 aliphatic heterocycles. The van der Waals surface area contributed by atoms with Crippen LogP contribution in [0.1, 0.15) is 44.3 Å². The highest BCUT2D eigenvalue weighted by Crippen LogP contribution is 2.39. The Morgan fingerprint density at radius 2 is 2.07 bits per heavy atom. The van der Waals surface area contributed by atoms with Gasteiger partial charge in [0.05, 0.1) is 12.1 Å². The molecule has 4 rings (SSSR count). The Morgan fingerprint density at radius 1 is 1.29 bits per heavy atom. The second-order valence-electron chi connectivity index (χ2n) is 7.42. The second-order valence-corrected chi connectivity index (χ2v) is 7.82. The molecule has 2 aromatic heterocycles. The number of fused-ring (bicyclic) bond motifs is 1. The lowest BCUT2D eigenvalue weighted by Crippen LogP contribution is -2.34. The van der Waals surface area contributed by atoms with Gasteiger partial charge in [0.1, 0.15) is 17.0 Å². The van der Waals surface area contributed by atoms with Crippen molar-refractivity contribution in [1.29, 1.82) is 0 Å². The standard InChI is InChI=1S/C22H24ClN3O2/c1-4-19(14-6-5-7-14)26-21-20(25-13(2)22(26)27)17(10-11-24-21)16-9-8-15(28-3)12-18(16)23/h8-12,14,19H,4-7H2,1-3H3/t19-/m0/s1. The Labute approximate surface area is 169 Å². The molecule has 0 N–H and O–H groups in total. The van der Waals surface area contributed by atoms with Gasteiger partial charge in [0.25, 0.3) is 5.56 Å².